The number of ether oxygens (including phenoxy) is 3. The zero-order valence-electron chi connectivity index (χ0n) is 43.8. The highest BCUT2D eigenvalue weighted by molar-refractivity contribution is 6.74. The van der Waals surface area contributed by atoms with Crippen molar-refractivity contribution in [3.05, 3.63) is 24.3 Å². The van der Waals surface area contributed by atoms with Gasteiger partial charge in [0, 0.05) is 31.1 Å². The number of aliphatic hydroxyl groups is 6. The van der Waals surface area contributed by atoms with Crippen LogP contribution in [-0.4, -0.2) is 145 Å². The van der Waals surface area contributed by atoms with Gasteiger partial charge in [-0.05, 0) is 70.4 Å². The van der Waals surface area contributed by atoms with Crippen molar-refractivity contribution in [2.75, 3.05) is 26.4 Å². The molecule has 6 N–H and O–H groups in total. The van der Waals surface area contributed by atoms with E-state index >= 15 is 0 Å². The molecule has 3 saturated heterocycles. The second-order valence-electron chi connectivity index (χ2n) is 22.6. The van der Waals surface area contributed by atoms with E-state index in [0.717, 1.165) is 0 Å². The van der Waals surface area contributed by atoms with Crippen LogP contribution in [0.1, 0.15) is 123 Å². The maximum atomic E-state index is 13.7. The molecular weight excluding hydrogens is 881 g/mol. The van der Waals surface area contributed by atoms with Crippen LogP contribution >= 0.6 is 0 Å². The lowest BCUT2D eigenvalue weighted by molar-refractivity contribution is -0.258. The number of hydrogen-bond acceptors (Lipinski definition) is 14. The Morgan fingerprint density at radius 1 is 0.758 bits per heavy atom. The summed E-state index contributed by atoms with van der Waals surface area (Å²) in [6, 6.07) is 0. The lowest BCUT2D eigenvalue weighted by Gasteiger charge is -2.44. The SMILES string of the molecule is C/C=C\[C@H](C)[C@H]1O[C@]1(C)[C@@H](O[Si](C)(C)C(C)(C)C)[C@@H](CO)C(=O)[C@@H](CO)[C@H](O)CC(=O)CC.C/C=C\[C@H](C)[C@H]1O[C@]1(C)[C@@H](O[Si](C)(C)C(C)(C)C)[C@@H](CO)C(=O)[C@H]1COC(O)(CC)C[C@H]1O. The average molecular weight is 973 g/mol. The monoisotopic (exact) mass is 973 g/mol. The van der Waals surface area contributed by atoms with Crippen LogP contribution in [0, 0.1) is 35.5 Å². The van der Waals surface area contributed by atoms with Gasteiger partial charge in [0.15, 0.2) is 22.4 Å². The minimum Gasteiger partial charge on any atom is -0.410 e. The summed E-state index contributed by atoms with van der Waals surface area (Å²) in [5.74, 6) is -6.12. The molecule has 3 fully saturated rings. The molecule has 0 saturated carbocycles. The normalized spacial score (nSPS) is 31.0. The molecule has 0 spiro atoms. The molecule has 3 rings (SSSR count). The van der Waals surface area contributed by atoms with Crippen LogP contribution in [0.3, 0.4) is 0 Å². The van der Waals surface area contributed by atoms with Crippen molar-refractivity contribution < 1.29 is 68.1 Å². The Morgan fingerprint density at radius 3 is 1.50 bits per heavy atom. The van der Waals surface area contributed by atoms with Gasteiger partial charge in [0.25, 0.3) is 0 Å². The smallest absolute Gasteiger partial charge is 0.192 e. The summed E-state index contributed by atoms with van der Waals surface area (Å²) in [5.41, 5.74) is -1.54. The van der Waals surface area contributed by atoms with Gasteiger partial charge in [0.2, 0.25) is 0 Å². The fourth-order valence-electron chi connectivity index (χ4n) is 8.73. The average Bonchev–Trinajstić information content (AvgIpc) is 4.11. The van der Waals surface area contributed by atoms with Gasteiger partial charge in [0.05, 0.1) is 86.7 Å². The van der Waals surface area contributed by atoms with Crippen molar-refractivity contribution in [1.29, 1.82) is 0 Å². The maximum absolute atomic E-state index is 13.7. The van der Waals surface area contributed by atoms with E-state index in [2.05, 4.69) is 80.7 Å². The third kappa shape index (κ3) is 14.3. The van der Waals surface area contributed by atoms with E-state index in [0.29, 0.717) is 6.42 Å². The molecule has 3 aliphatic rings. The Morgan fingerprint density at radius 2 is 1.17 bits per heavy atom. The number of Topliss-reactive ketones (excluding diaryl/α,β-unsaturated/α-hetero) is 3. The van der Waals surface area contributed by atoms with Gasteiger partial charge in [-0.15, -0.1) is 0 Å². The predicted molar refractivity (Wildman–Crippen MR) is 262 cm³/mol. The van der Waals surface area contributed by atoms with Gasteiger partial charge < -0.3 is 53.7 Å². The van der Waals surface area contributed by atoms with Crippen LogP contribution in [0.25, 0.3) is 0 Å². The number of allylic oxidation sites excluding steroid dienone is 2. The zero-order valence-corrected chi connectivity index (χ0v) is 45.8. The first-order valence-corrected chi connectivity index (χ1v) is 30.1. The number of epoxide rings is 2. The molecule has 0 aromatic carbocycles. The van der Waals surface area contributed by atoms with Gasteiger partial charge in [-0.3, -0.25) is 14.4 Å². The van der Waals surface area contributed by atoms with E-state index in [-0.39, 0.29) is 71.6 Å². The Balaban J connectivity index is 0.000000453. The molecule has 15 atom stereocenters. The number of carbonyl (C=O) groups excluding carboxylic acids is 3. The fraction of sp³-hybridized carbons (Fsp3) is 0.860. The molecule has 0 bridgehead atoms. The van der Waals surface area contributed by atoms with E-state index in [1.807, 2.05) is 52.8 Å². The quantitative estimate of drug-likeness (QED) is 0.0337. The van der Waals surface area contributed by atoms with Crippen LogP contribution in [0.15, 0.2) is 24.3 Å². The zero-order chi connectivity index (χ0) is 51.2. The molecule has 14 nitrogen and oxygen atoms in total. The van der Waals surface area contributed by atoms with Crippen LogP contribution < -0.4 is 0 Å². The van der Waals surface area contributed by atoms with Gasteiger partial charge in [-0.25, -0.2) is 0 Å². The first kappa shape index (κ1) is 60.6. The number of ketones is 3. The summed E-state index contributed by atoms with van der Waals surface area (Å²) in [5, 5.41) is 62.1. The van der Waals surface area contributed by atoms with Gasteiger partial charge in [0.1, 0.15) is 28.6 Å². The van der Waals surface area contributed by atoms with Crippen molar-refractivity contribution in [3.63, 3.8) is 0 Å². The van der Waals surface area contributed by atoms with Crippen molar-refractivity contribution in [2.24, 2.45) is 35.5 Å². The van der Waals surface area contributed by atoms with E-state index in [1.54, 1.807) is 13.8 Å². The molecule has 384 valence electrons. The van der Waals surface area contributed by atoms with Gasteiger partial charge in [-0.1, -0.05) is 93.5 Å². The fourth-order valence-corrected chi connectivity index (χ4v) is 11.5. The highest BCUT2D eigenvalue weighted by atomic mass is 28.4. The second kappa shape index (κ2) is 23.6. The molecule has 16 heteroatoms. The standard InChI is InChI=1S/2C25H46O7Si/c1-10-12-16(3)21-24(7,31-21)22(32-33(8,9)23(4,5)6)17(14-26)20(28)18-15-30-25(29,11-2)13-19(18)27;1-10-12-16(3)22-25(7,31-22)23(32-33(8,9)24(4,5)6)19(15-27)21(30)18(14-26)20(29)13-17(28)11-2/h10,12,16-19,21-22,26-27,29H,11,13-15H2,1-9H3;10,12,16,18-20,22-23,26-27,29H,11,13-15H2,1-9H3/b2*12-10-/t16-,17-,18-,19+,21+,22-,24-,25?;16-,18-,19-,20+,22+,23-,25-/m00/s1. The van der Waals surface area contributed by atoms with E-state index in [9.17, 15) is 45.0 Å². The summed E-state index contributed by atoms with van der Waals surface area (Å²) in [7, 11) is -4.73. The lowest BCUT2D eigenvalue weighted by Crippen LogP contribution is -2.56. The molecule has 66 heavy (non-hydrogen) atoms. The Bertz CT molecular complexity index is 1660. The third-order valence-electron chi connectivity index (χ3n) is 15.5. The number of carbonyl (C=O) groups is 3. The molecule has 0 aromatic rings. The molecule has 0 radical (unpaired) electrons. The minimum absolute atomic E-state index is 0.0411. The van der Waals surface area contributed by atoms with E-state index in [1.165, 1.54) is 0 Å². The third-order valence-corrected chi connectivity index (χ3v) is 24.4. The molecule has 3 aliphatic heterocycles. The highest BCUT2D eigenvalue weighted by Crippen LogP contribution is 2.52. The Hall–Kier alpha value is -1.52. The summed E-state index contributed by atoms with van der Waals surface area (Å²) >= 11 is 0. The highest BCUT2D eigenvalue weighted by Gasteiger charge is 2.66. The number of rotatable bonds is 24. The second-order valence-corrected chi connectivity index (χ2v) is 32.1. The molecular formula is C50H92O14Si2. The van der Waals surface area contributed by atoms with Crippen molar-refractivity contribution in [2.45, 2.75) is 212 Å². The van der Waals surface area contributed by atoms with Crippen LogP contribution in [0.4, 0.5) is 0 Å². The van der Waals surface area contributed by atoms with E-state index in [4.69, 9.17) is 23.1 Å². The van der Waals surface area contributed by atoms with Gasteiger partial charge in [-0.2, -0.15) is 0 Å². The molecule has 1 unspecified atom stereocenters. The van der Waals surface area contributed by atoms with Crippen molar-refractivity contribution in [1.82, 2.24) is 0 Å². The lowest BCUT2D eigenvalue weighted by atomic mass is 9.78. The summed E-state index contributed by atoms with van der Waals surface area (Å²) in [6.07, 6.45) is 4.23. The van der Waals surface area contributed by atoms with Gasteiger partial charge >= 0.3 is 0 Å². The summed E-state index contributed by atoms with van der Waals surface area (Å²) < 4.78 is 31.4. The molecule has 0 aliphatic carbocycles. The first-order valence-electron chi connectivity index (χ1n) is 24.3. The topological polar surface area (TPSA) is 225 Å². The maximum Gasteiger partial charge on any atom is 0.192 e. The predicted octanol–water partition coefficient (Wildman–Crippen LogP) is 6.68. The molecule has 3 heterocycles. The molecule has 0 amide bonds. The van der Waals surface area contributed by atoms with Crippen LogP contribution in [-0.2, 0) is 37.4 Å². The molecule has 0 aromatic heterocycles. The van der Waals surface area contributed by atoms with E-state index < -0.39 is 107 Å². The van der Waals surface area contributed by atoms with Crippen molar-refractivity contribution in [3.8, 4) is 0 Å². The Labute approximate surface area is 399 Å². The number of aliphatic hydroxyl groups excluding tert-OH is 5. The van der Waals surface area contributed by atoms with Crippen molar-refractivity contribution >= 4 is 34.0 Å². The van der Waals surface area contributed by atoms with Crippen LogP contribution in [0.2, 0.25) is 36.3 Å². The Kier molecular flexibility index (Phi) is 21.7. The number of hydrogen-bond donors (Lipinski definition) is 6. The van der Waals surface area contributed by atoms with Crippen LogP contribution in [0.5, 0.6) is 0 Å². The first-order chi connectivity index (χ1) is 30.2. The minimum atomic E-state index is -2.39. The summed E-state index contributed by atoms with van der Waals surface area (Å²) in [4.78, 5) is 39.1. The largest absolute Gasteiger partial charge is 0.410 e. The summed E-state index contributed by atoms with van der Waals surface area (Å²) in [6.45, 7) is 34.7.